The maximum absolute atomic E-state index is 13.3. The molecule has 1 saturated heterocycles. The molecule has 0 aromatic heterocycles. The van der Waals surface area contributed by atoms with Gasteiger partial charge in [-0.2, -0.15) is 0 Å². The summed E-state index contributed by atoms with van der Waals surface area (Å²) >= 11 is 6.22. The van der Waals surface area contributed by atoms with E-state index < -0.39 is 5.97 Å². The second-order valence-electron chi connectivity index (χ2n) is 8.73. The van der Waals surface area contributed by atoms with Gasteiger partial charge in [0.05, 0.1) is 11.6 Å². The van der Waals surface area contributed by atoms with Gasteiger partial charge in [-0.3, -0.25) is 4.90 Å². The van der Waals surface area contributed by atoms with Crippen molar-refractivity contribution < 1.29 is 14.7 Å². The molecule has 32 heavy (non-hydrogen) atoms. The predicted octanol–water partition coefficient (Wildman–Crippen LogP) is 4.93. The van der Waals surface area contributed by atoms with Gasteiger partial charge >= 0.3 is 12.0 Å². The zero-order chi connectivity index (χ0) is 22.2. The van der Waals surface area contributed by atoms with Crippen LogP contribution in [0.3, 0.4) is 0 Å². The van der Waals surface area contributed by atoms with E-state index in [4.69, 9.17) is 22.4 Å². The molecule has 4 rings (SSSR count). The summed E-state index contributed by atoms with van der Waals surface area (Å²) in [5, 5.41) is 9.84. The van der Waals surface area contributed by atoms with Crippen LogP contribution in [-0.2, 0) is 5.41 Å². The Hall–Kier alpha value is -2.28. The molecule has 2 fully saturated rings. The van der Waals surface area contributed by atoms with Crippen LogP contribution in [0, 0.1) is 0 Å². The molecule has 2 amide bonds. The van der Waals surface area contributed by atoms with Gasteiger partial charge in [-0.25, -0.2) is 9.59 Å². The van der Waals surface area contributed by atoms with Crippen molar-refractivity contribution in [3.8, 4) is 0 Å². The highest BCUT2D eigenvalue weighted by atomic mass is 35.5. The van der Waals surface area contributed by atoms with E-state index in [9.17, 15) is 9.59 Å². The number of rotatable bonds is 5. The van der Waals surface area contributed by atoms with Gasteiger partial charge in [-0.15, -0.1) is 12.4 Å². The lowest BCUT2D eigenvalue weighted by Gasteiger charge is -2.42. The Morgan fingerprint density at radius 3 is 2.41 bits per heavy atom. The van der Waals surface area contributed by atoms with Gasteiger partial charge in [-0.05, 0) is 74.6 Å². The van der Waals surface area contributed by atoms with Crippen molar-refractivity contribution in [3.63, 3.8) is 0 Å². The van der Waals surface area contributed by atoms with Crippen molar-refractivity contribution in [2.75, 3.05) is 18.0 Å². The average molecular weight is 478 g/mol. The van der Waals surface area contributed by atoms with Crippen LogP contribution in [0.1, 0.15) is 48.5 Å². The number of carbonyl (C=O) groups excluding carboxylic acids is 1. The van der Waals surface area contributed by atoms with Crippen molar-refractivity contribution >= 4 is 41.7 Å². The van der Waals surface area contributed by atoms with Crippen LogP contribution < -0.4 is 10.6 Å². The molecule has 8 heteroatoms. The number of anilines is 1. The quantitative estimate of drug-likeness (QED) is 0.638. The Labute approximate surface area is 199 Å². The van der Waals surface area contributed by atoms with E-state index in [1.165, 1.54) is 5.56 Å². The summed E-state index contributed by atoms with van der Waals surface area (Å²) < 4.78 is 0. The van der Waals surface area contributed by atoms with Gasteiger partial charge in [-0.1, -0.05) is 23.7 Å². The third-order valence-corrected chi connectivity index (χ3v) is 7.16. The minimum absolute atomic E-state index is 0. The number of hydrogen-bond acceptors (Lipinski definition) is 3. The lowest BCUT2D eigenvalue weighted by Crippen LogP contribution is -2.46. The number of carbonyl (C=O) groups is 2. The first-order valence-corrected chi connectivity index (χ1v) is 11.1. The minimum Gasteiger partial charge on any atom is -0.478 e. The van der Waals surface area contributed by atoms with E-state index in [1.54, 1.807) is 29.2 Å². The fourth-order valence-corrected chi connectivity index (χ4v) is 5.29. The molecule has 0 unspecified atom stereocenters. The number of benzene rings is 2. The monoisotopic (exact) mass is 477 g/mol. The molecule has 1 heterocycles. The van der Waals surface area contributed by atoms with Gasteiger partial charge in [0.15, 0.2) is 0 Å². The molecule has 172 valence electrons. The summed E-state index contributed by atoms with van der Waals surface area (Å²) in [5.41, 5.74) is 8.26. The zero-order valence-electron chi connectivity index (χ0n) is 18.0. The van der Waals surface area contributed by atoms with Gasteiger partial charge in [0.2, 0.25) is 0 Å². The summed E-state index contributed by atoms with van der Waals surface area (Å²) in [6, 6.07) is 14.7. The molecule has 6 nitrogen and oxygen atoms in total. The molecular formula is C24H29Cl2N3O3. The molecule has 1 aliphatic heterocycles. The Bertz CT molecular complexity index is 975. The van der Waals surface area contributed by atoms with Crippen molar-refractivity contribution in [1.82, 2.24) is 4.90 Å². The molecule has 0 spiro atoms. The SMILES string of the molecule is C[C@@H]1CN([C@H]2CC[C@](CN)(c3cccc(Cl)c3)CC2)C(=O)N1c1ccc(C(=O)O)cc1.Cl. The Kier molecular flexibility index (Phi) is 7.38. The topological polar surface area (TPSA) is 86.9 Å². The van der Waals surface area contributed by atoms with E-state index in [0.29, 0.717) is 13.1 Å². The Morgan fingerprint density at radius 1 is 1.19 bits per heavy atom. The number of aromatic carboxylic acids is 1. The Morgan fingerprint density at radius 2 is 1.84 bits per heavy atom. The van der Waals surface area contributed by atoms with Crippen molar-refractivity contribution in [2.24, 2.45) is 5.73 Å². The number of halogens is 2. The van der Waals surface area contributed by atoms with E-state index in [0.717, 1.165) is 36.4 Å². The van der Waals surface area contributed by atoms with Crippen molar-refractivity contribution in [1.29, 1.82) is 0 Å². The zero-order valence-corrected chi connectivity index (χ0v) is 19.6. The smallest absolute Gasteiger partial charge is 0.335 e. The predicted molar refractivity (Wildman–Crippen MR) is 129 cm³/mol. The summed E-state index contributed by atoms with van der Waals surface area (Å²) in [6.45, 7) is 3.26. The molecule has 2 aliphatic rings. The second-order valence-corrected chi connectivity index (χ2v) is 9.17. The first-order chi connectivity index (χ1) is 14.8. The van der Waals surface area contributed by atoms with Crippen molar-refractivity contribution in [3.05, 3.63) is 64.7 Å². The minimum atomic E-state index is -0.973. The van der Waals surface area contributed by atoms with E-state index >= 15 is 0 Å². The molecule has 2 aromatic rings. The largest absolute Gasteiger partial charge is 0.478 e. The number of nitrogens with zero attached hydrogens (tertiary/aromatic N) is 2. The third-order valence-electron chi connectivity index (χ3n) is 6.93. The van der Waals surface area contributed by atoms with Gasteiger partial charge in [0.1, 0.15) is 0 Å². The van der Waals surface area contributed by atoms with Gasteiger partial charge in [0, 0.05) is 35.3 Å². The van der Waals surface area contributed by atoms with E-state index in [1.807, 2.05) is 30.0 Å². The van der Waals surface area contributed by atoms with Crippen LogP contribution in [0.5, 0.6) is 0 Å². The van der Waals surface area contributed by atoms with Crippen molar-refractivity contribution in [2.45, 2.75) is 50.1 Å². The number of carboxylic acids is 1. The molecule has 1 saturated carbocycles. The summed E-state index contributed by atoms with van der Waals surface area (Å²) in [6.07, 6.45) is 3.63. The lowest BCUT2D eigenvalue weighted by molar-refractivity contribution is 0.0697. The summed E-state index contributed by atoms with van der Waals surface area (Å²) in [4.78, 5) is 28.1. The van der Waals surface area contributed by atoms with Gasteiger partial charge in [0.25, 0.3) is 0 Å². The molecule has 2 aromatic carbocycles. The molecule has 0 radical (unpaired) electrons. The maximum atomic E-state index is 13.3. The summed E-state index contributed by atoms with van der Waals surface area (Å²) in [7, 11) is 0. The number of nitrogens with two attached hydrogens (primary N) is 1. The maximum Gasteiger partial charge on any atom is 0.335 e. The number of hydrogen-bond donors (Lipinski definition) is 2. The van der Waals surface area contributed by atoms with Crippen LogP contribution in [0.15, 0.2) is 48.5 Å². The van der Waals surface area contributed by atoms with E-state index in [2.05, 4.69) is 6.07 Å². The van der Waals surface area contributed by atoms with Crippen LogP contribution in [0.2, 0.25) is 5.02 Å². The standard InChI is InChI=1S/C24H28ClN3O3.ClH/c1-16-14-27(23(31)28(16)21-7-5-17(6-8-21)22(29)30)20-9-11-24(15-26,12-10-20)18-3-2-4-19(25)13-18;/h2-8,13,16,20H,9-12,14-15,26H2,1H3,(H,29,30);1H/t16-,20-,24-;/m1./s1. The molecule has 3 N–H and O–H groups in total. The third kappa shape index (κ3) is 4.45. The van der Waals surface area contributed by atoms with Crippen LogP contribution in [-0.4, -0.2) is 47.2 Å². The van der Waals surface area contributed by atoms with Crippen LogP contribution in [0.25, 0.3) is 0 Å². The molecule has 1 aliphatic carbocycles. The highest BCUT2D eigenvalue weighted by Gasteiger charge is 2.43. The normalized spacial score (nSPS) is 25.5. The number of amides is 2. The van der Waals surface area contributed by atoms with Crippen LogP contribution >= 0.6 is 24.0 Å². The highest BCUT2D eigenvalue weighted by Crippen LogP contribution is 2.42. The van der Waals surface area contributed by atoms with Gasteiger partial charge < -0.3 is 15.7 Å². The lowest BCUT2D eigenvalue weighted by atomic mass is 9.68. The highest BCUT2D eigenvalue weighted by molar-refractivity contribution is 6.30. The van der Waals surface area contributed by atoms with Crippen LogP contribution in [0.4, 0.5) is 10.5 Å². The molecular weight excluding hydrogens is 449 g/mol. The van der Waals surface area contributed by atoms with E-state index in [-0.39, 0.29) is 41.5 Å². The number of urea groups is 1. The average Bonchev–Trinajstić information content (AvgIpc) is 3.07. The second kappa shape index (κ2) is 9.69. The first-order valence-electron chi connectivity index (χ1n) is 10.7. The Balaban J connectivity index is 0.00000289. The summed E-state index contributed by atoms with van der Waals surface area (Å²) in [5.74, 6) is -0.973. The first kappa shape index (κ1) is 24.4. The molecule has 0 bridgehead atoms. The fourth-order valence-electron chi connectivity index (χ4n) is 5.10. The molecule has 1 atom stereocenters. The number of carboxylic acid groups (broad SMARTS) is 1. The fraction of sp³-hybridized carbons (Fsp3) is 0.417.